The number of rotatable bonds is 6. The van der Waals surface area contributed by atoms with Gasteiger partial charge in [-0.15, -0.1) is 0 Å². The van der Waals surface area contributed by atoms with Crippen molar-refractivity contribution in [2.24, 2.45) is 0 Å². The number of aryl methyl sites for hydroxylation is 1. The Kier molecular flexibility index (Phi) is 5.84. The Morgan fingerprint density at radius 3 is 2.40 bits per heavy atom. The van der Waals surface area contributed by atoms with Gasteiger partial charge in [0.2, 0.25) is 10.0 Å². The number of carbonyl (C=O) groups is 2. The monoisotopic (exact) mass is 368 g/mol. The Bertz CT molecular complexity index is 767. The summed E-state index contributed by atoms with van der Waals surface area (Å²) in [6.07, 6.45) is 3.17. The molecular formula is C17H24N2O5S. The molecule has 1 amide bonds. The normalized spacial score (nSPS) is 17.0. The highest BCUT2D eigenvalue weighted by molar-refractivity contribution is 7.89. The molecule has 3 N–H and O–H groups in total. The van der Waals surface area contributed by atoms with Gasteiger partial charge >= 0.3 is 5.97 Å². The summed E-state index contributed by atoms with van der Waals surface area (Å²) in [7, 11) is -3.69. The van der Waals surface area contributed by atoms with Crippen molar-refractivity contribution in [3.8, 4) is 0 Å². The van der Waals surface area contributed by atoms with Gasteiger partial charge in [0.15, 0.2) is 0 Å². The van der Waals surface area contributed by atoms with Crippen molar-refractivity contribution < 1.29 is 23.1 Å². The molecule has 0 atom stereocenters. The van der Waals surface area contributed by atoms with Crippen molar-refractivity contribution in [1.82, 2.24) is 10.0 Å². The van der Waals surface area contributed by atoms with Gasteiger partial charge in [0.05, 0.1) is 4.90 Å². The number of amides is 1. The zero-order valence-electron chi connectivity index (χ0n) is 14.5. The summed E-state index contributed by atoms with van der Waals surface area (Å²) in [6.45, 7) is 3.59. The third-order valence-electron chi connectivity index (χ3n) is 4.57. The zero-order valence-corrected chi connectivity index (χ0v) is 15.3. The predicted octanol–water partition coefficient (Wildman–Crippen LogP) is 1.81. The van der Waals surface area contributed by atoms with Gasteiger partial charge in [-0.25, -0.2) is 17.9 Å². The first kappa shape index (κ1) is 19.4. The van der Waals surface area contributed by atoms with Gasteiger partial charge < -0.3 is 10.4 Å². The average Bonchev–Trinajstić information content (AvgIpc) is 2.55. The van der Waals surface area contributed by atoms with Gasteiger partial charge in [-0.3, -0.25) is 4.79 Å². The number of sulfonamides is 1. The summed E-state index contributed by atoms with van der Waals surface area (Å²) in [5, 5.41) is 12.2. The molecule has 2 rings (SSSR count). The summed E-state index contributed by atoms with van der Waals surface area (Å²) in [5.41, 5.74) is -0.521. The lowest BCUT2D eigenvalue weighted by Gasteiger charge is -2.34. The predicted molar refractivity (Wildman–Crippen MR) is 93.0 cm³/mol. The van der Waals surface area contributed by atoms with E-state index in [0.717, 1.165) is 19.3 Å². The van der Waals surface area contributed by atoms with Crippen molar-refractivity contribution >= 4 is 21.9 Å². The van der Waals surface area contributed by atoms with Gasteiger partial charge in [0.1, 0.15) is 5.54 Å². The minimum atomic E-state index is -3.69. The largest absolute Gasteiger partial charge is 0.480 e. The molecule has 0 aliphatic heterocycles. The first-order chi connectivity index (χ1) is 11.7. The molecule has 25 heavy (non-hydrogen) atoms. The van der Waals surface area contributed by atoms with Crippen LogP contribution in [0.2, 0.25) is 0 Å². The van der Waals surface area contributed by atoms with Crippen molar-refractivity contribution in [2.75, 3.05) is 6.54 Å². The molecule has 0 saturated heterocycles. The van der Waals surface area contributed by atoms with Crippen LogP contribution in [0.15, 0.2) is 23.1 Å². The molecule has 0 radical (unpaired) electrons. The fourth-order valence-electron chi connectivity index (χ4n) is 3.12. The van der Waals surface area contributed by atoms with E-state index in [4.69, 9.17) is 0 Å². The Labute approximate surface area is 147 Å². The van der Waals surface area contributed by atoms with Crippen molar-refractivity contribution in [1.29, 1.82) is 0 Å². The number of hydrogen-bond donors (Lipinski definition) is 3. The van der Waals surface area contributed by atoms with Crippen molar-refractivity contribution in [3.05, 3.63) is 29.3 Å². The van der Waals surface area contributed by atoms with E-state index in [-0.39, 0.29) is 17.0 Å². The molecule has 138 valence electrons. The van der Waals surface area contributed by atoms with Crippen LogP contribution in [-0.2, 0) is 14.8 Å². The molecular weight excluding hydrogens is 344 g/mol. The van der Waals surface area contributed by atoms with Crippen LogP contribution in [0.1, 0.15) is 54.9 Å². The van der Waals surface area contributed by atoms with Crippen LogP contribution in [-0.4, -0.2) is 37.5 Å². The number of carbonyl (C=O) groups excluding carboxylic acids is 1. The summed E-state index contributed by atoms with van der Waals surface area (Å²) >= 11 is 0. The Morgan fingerprint density at radius 2 is 1.84 bits per heavy atom. The Morgan fingerprint density at radius 1 is 1.20 bits per heavy atom. The molecule has 0 heterocycles. The van der Waals surface area contributed by atoms with Gasteiger partial charge in [-0.1, -0.05) is 32.3 Å². The van der Waals surface area contributed by atoms with Crippen LogP contribution in [0.4, 0.5) is 0 Å². The van der Waals surface area contributed by atoms with Gasteiger partial charge in [-0.05, 0) is 37.5 Å². The number of nitrogens with one attached hydrogen (secondary N) is 2. The van der Waals surface area contributed by atoms with E-state index in [1.807, 2.05) is 0 Å². The van der Waals surface area contributed by atoms with E-state index in [1.165, 1.54) is 12.1 Å². The molecule has 8 heteroatoms. The second-order valence-electron chi connectivity index (χ2n) is 6.38. The van der Waals surface area contributed by atoms with Crippen LogP contribution in [0.5, 0.6) is 0 Å². The van der Waals surface area contributed by atoms with E-state index in [1.54, 1.807) is 19.9 Å². The molecule has 0 spiro atoms. The molecule has 0 aromatic heterocycles. The quantitative estimate of drug-likeness (QED) is 0.709. The number of carboxylic acids is 1. The van der Waals surface area contributed by atoms with Crippen LogP contribution >= 0.6 is 0 Å². The maximum absolute atomic E-state index is 12.7. The van der Waals surface area contributed by atoms with Crippen LogP contribution < -0.4 is 10.0 Å². The third kappa shape index (κ3) is 4.19. The maximum atomic E-state index is 12.7. The van der Waals surface area contributed by atoms with Crippen molar-refractivity contribution in [3.63, 3.8) is 0 Å². The first-order valence-electron chi connectivity index (χ1n) is 8.38. The van der Waals surface area contributed by atoms with E-state index in [9.17, 15) is 23.1 Å². The van der Waals surface area contributed by atoms with Crippen LogP contribution in [0.3, 0.4) is 0 Å². The van der Waals surface area contributed by atoms with E-state index >= 15 is 0 Å². The number of benzene rings is 1. The second-order valence-corrected chi connectivity index (χ2v) is 8.15. The third-order valence-corrected chi connectivity index (χ3v) is 6.11. The van der Waals surface area contributed by atoms with Crippen molar-refractivity contribution in [2.45, 2.75) is 56.4 Å². The molecule has 1 aromatic rings. The smallest absolute Gasteiger partial charge is 0.329 e. The summed E-state index contributed by atoms with van der Waals surface area (Å²) in [6, 6.07) is 4.27. The maximum Gasteiger partial charge on any atom is 0.329 e. The molecule has 0 unspecified atom stereocenters. The fourth-order valence-corrected chi connectivity index (χ4v) is 4.19. The molecule has 1 aromatic carbocycles. The molecule has 1 saturated carbocycles. The number of aliphatic carboxylic acids is 1. The van der Waals surface area contributed by atoms with Crippen LogP contribution in [0.25, 0.3) is 0 Å². The molecule has 0 bridgehead atoms. The Hall–Kier alpha value is -1.93. The SMILES string of the molecule is CCNS(=O)(=O)c1ccc(C)c(C(=O)NC2(C(=O)O)CCCCC2)c1. The summed E-state index contributed by atoms with van der Waals surface area (Å²) in [5.74, 6) is -1.61. The molecule has 7 nitrogen and oxygen atoms in total. The minimum absolute atomic E-state index is 0.0156. The lowest BCUT2D eigenvalue weighted by atomic mass is 9.81. The van der Waals surface area contributed by atoms with E-state index in [2.05, 4.69) is 10.0 Å². The van der Waals surface area contributed by atoms with Gasteiger partial charge in [0, 0.05) is 12.1 Å². The lowest BCUT2D eigenvalue weighted by molar-refractivity contribution is -0.145. The highest BCUT2D eigenvalue weighted by Gasteiger charge is 2.41. The molecule has 1 aliphatic carbocycles. The fraction of sp³-hybridized carbons (Fsp3) is 0.529. The highest BCUT2D eigenvalue weighted by Crippen LogP contribution is 2.29. The second kappa shape index (κ2) is 7.53. The first-order valence-corrected chi connectivity index (χ1v) is 9.86. The number of hydrogen-bond acceptors (Lipinski definition) is 4. The van der Waals surface area contributed by atoms with E-state index in [0.29, 0.717) is 18.4 Å². The highest BCUT2D eigenvalue weighted by atomic mass is 32.2. The standard InChI is InChI=1S/C17H24N2O5S/c1-3-18-25(23,24)13-8-7-12(2)14(11-13)15(20)19-17(16(21)22)9-5-4-6-10-17/h7-8,11,18H,3-6,9-10H2,1-2H3,(H,19,20)(H,21,22). The Balaban J connectivity index is 2.34. The van der Waals surface area contributed by atoms with Gasteiger partial charge in [-0.2, -0.15) is 0 Å². The van der Waals surface area contributed by atoms with E-state index < -0.39 is 27.4 Å². The zero-order chi connectivity index (χ0) is 18.7. The summed E-state index contributed by atoms with van der Waals surface area (Å²) < 4.78 is 26.7. The lowest BCUT2D eigenvalue weighted by Crippen LogP contribution is -2.55. The molecule has 1 aliphatic rings. The minimum Gasteiger partial charge on any atom is -0.480 e. The van der Waals surface area contributed by atoms with Crippen LogP contribution in [0, 0.1) is 6.92 Å². The summed E-state index contributed by atoms with van der Waals surface area (Å²) in [4.78, 5) is 24.4. The van der Waals surface area contributed by atoms with Gasteiger partial charge in [0.25, 0.3) is 5.91 Å². The molecule has 1 fully saturated rings. The number of carboxylic acid groups (broad SMARTS) is 1. The topological polar surface area (TPSA) is 113 Å². The average molecular weight is 368 g/mol.